The van der Waals surface area contributed by atoms with Crippen LogP contribution >= 0.6 is 22.9 Å². The summed E-state index contributed by atoms with van der Waals surface area (Å²) < 4.78 is 1.10. The first-order valence-corrected chi connectivity index (χ1v) is 7.36. The minimum atomic E-state index is 0.746. The van der Waals surface area contributed by atoms with Gasteiger partial charge < -0.3 is 5.32 Å². The van der Waals surface area contributed by atoms with Crippen molar-refractivity contribution in [3.63, 3.8) is 0 Å². The number of nitrogens with one attached hydrogen (secondary N) is 1. The summed E-state index contributed by atoms with van der Waals surface area (Å²) in [7, 11) is 0. The Morgan fingerprint density at radius 2 is 2.11 bits per heavy atom. The van der Waals surface area contributed by atoms with E-state index in [0.717, 1.165) is 32.5 Å². The molecule has 0 radical (unpaired) electrons. The maximum atomic E-state index is 5.99. The summed E-state index contributed by atoms with van der Waals surface area (Å²) in [5, 5.41) is 4.99. The lowest BCUT2D eigenvalue weighted by Crippen LogP contribution is -1.90. The Bertz CT molecular complexity index is 721. The van der Waals surface area contributed by atoms with Crippen molar-refractivity contribution >= 4 is 44.0 Å². The summed E-state index contributed by atoms with van der Waals surface area (Å²) in [5.41, 5.74) is 3.36. The molecular weight excluding hydrogens is 276 g/mol. The molecule has 19 heavy (non-hydrogen) atoms. The number of aryl methyl sites for hydroxylation is 1. The summed E-state index contributed by atoms with van der Waals surface area (Å²) in [6.45, 7) is 2.15. The quantitative estimate of drug-likeness (QED) is 0.711. The van der Waals surface area contributed by atoms with Gasteiger partial charge in [-0.3, -0.25) is 0 Å². The molecule has 0 aliphatic heterocycles. The van der Waals surface area contributed by atoms with Gasteiger partial charge in [0.15, 0.2) is 5.13 Å². The van der Waals surface area contributed by atoms with Crippen LogP contribution in [0, 0.1) is 0 Å². The van der Waals surface area contributed by atoms with E-state index in [0.29, 0.717) is 0 Å². The molecule has 0 bridgehead atoms. The van der Waals surface area contributed by atoms with E-state index in [1.165, 1.54) is 5.56 Å². The molecule has 3 rings (SSSR count). The van der Waals surface area contributed by atoms with E-state index in [4.69, 9.17) is 11.6 Å². The molecule has 1 N–H and O–H groups in total. The van der Waals surface area contributed by atoms with Gasteiger partial charge >= 0.3 is 0 Å². The molecule has 0 unspecified atom stereocenters. The van der Waals surface area contributed by atoms with Gasteiger partial charge in [0, 0.05) is 10.7 Å². The monoisotopic (exact) mass is 288 g/mol. The number of anilines is 2. The van der Waals surface area contributed by atoms with Crippen molar-refractivity contribution in [3.05, 3.63) is 53.1 Å². The van der Waals surface area contributed by atoms with Crippen molar-refractivity contribution in [2.45, 2.75) is 13.3 Å². The second-order valence-electron chi connectivity index (χ2n) is 4.31. The molecule has 4 heteroatoms. The number of aromatic nitrogens is 1. The highest BCUT2D eigenvalue weighted by Gasteiger charge is 2.04. The Morgan fingerprint density at radius 1 is 1.21 bits per heavy atom. The summed E-state index contributed by atoms with van der Waals surface area (Å²) in [6.07, 6.45) is 1.03. The highest BCUT2D eigenvalue weighted by molar-refractivity contribution is 7.22. The first-order valence-electron chi connectivity index (χ1n) is 6.16. The van der Waals surface area contributed by atoms with Crippen LogP contribution < -0.4 is 5.32 Å². The van der Waals surface area contributed by atoms with E-state index in [2.05, 4.69) is 41.5 Å². The molecule has 2 aromatic carbocycles. The lowest BCUT2D eigenvalue weighted by molar-refractivity contribution is 1.14. The zero-order valence-electron chi connectivity index (χ0n) is 10.5. The van der Waals surface area contributed by atoms with Crippen LogP contribution in [0.2, 0.25) is 5.02 Å². The van der Waals surface area contributed by atoms with Gasteiger partial charge in [-0.05, 0) is 42.3 Å². The van der Waals surface area contributed by atoms with Crippen molar-refractivity contribution in [1.82, 2.24) is 4.98 Å². The van der Waals surface area contributed by atoms with Crippen LogP contribution in [0.4, 0.5) is 10.8 Å². The third-order valence-electron chi connectivity index (χ3n) is 2.94. The fourth-order valence-corrected chi connectivity index (χ4v) is 3.11. The summed E-state index contributed by atoms with van der Waals surface area (Å²) in [6, 6.07) is 14.2. The standard InChI is InChI=1S/C15H13ClN2S/c1-2-10-4-3-5-12(8-10)17-15-18-13-7-6-11(16)9-14(13)19-15/h3-9H,2H2,1H3,(H,17,18). The number of halogens is 1. The van der Waals surface area contributed by atoms with Gasteiger partial charge in [-0.2, -0.15) is 0 Å². The van der Waals surface area contributed by atoms with Gasteiger partial charge in [-0.1, -0.05) is 42.0 Å². The molecule has 0 aliphatic carbocycles. The van der Waals surface area contributed by atoms with E-state index < -0.39 is 0 Å². The largest absolute Gasteiger partial charge is 0.332 e. The Hall–Kier alpha value is -1.58. The minimum Gasteiger partial charge on any atom is -0.332 e. The third kappa shape index (κ3) is 2.72. The zero-order chi connectivity index (χ0) is 13.2. The van der Waals surface area contributed by atoms with Crippen molar-refractivity contribution in [2.24, 2.45) is 0 Å². The predicted octanol–water partition coefficient (Wildman–Crippen LogP) is 5.26. The van der Waals surface area contributed by atoms with Crippen LogP contribution in [0.3, 0.4) is 0 Å². The number of benzene rings is 2. The molecule has 0 saturated carbocycles. The molecule has 0 fully saturated rings. The first kappa shape index (κ1) is 12.5. The number of fused-ring (bicyclic) bond motifs is 1. The maximum Gasteiger partial charge on any atom is 0.188 e. The van der Waals surface area contributed by atoms with E-state index in [1.54, 1.807) is 11.3 Å². The molecule has 0 spiro atoms. The molecule has 96 valence electrons. The molecule has 0 atom stereocenters. The third-order valence-corrected chi connectivity index (χ3v) is 4.11. The first-order chi connectivity index (χ1) is 9.24. The van der Waals surface area contributed by atoms with E-state index >= 15 is 0 Å². The molecule has 0 saturated heterocycles. The fraction of sp³-hybridized carbons (Fsp3) is 0.133. The van der Waals surface area contributed by atoms with Crippen LogP contribution in [0.15, 0.2) is 42.5 Å². The van der Waals surface area contributed by atoms with E-state index in [1.807, 2.05) is 18.2 Å². The maximum absolute atomic E-state index is 5.99. The SMILES string of the molecule is CCc1cccc(Nc2nc3ccc(Cl)cc3s2)c1. The minimum absolute atomic E-state index is 0.746. The second-order valence-corrected chi connectivity index (χ2v) is 5.78. The molecule has 1 heterocycles. The number of rotatable bonds is 3. The van der Waals surface area contributed by atoms with Gasteiger partial charge in [-0.15, -0.1) is 0 Å². The van der Waals surface area contributed by atoms with E-state index in [-0.39, 0.29) is 0 Å². The molecule has 2 nitrogen and oxygen atoms in total. The van der Waals surface area contributed by atoms with Gasteiger partial charge in [0.25, 0.3) is 0 Å². The van der Waals surface area contributed by atoms with Gasteiger partial charge in [0.05, 0.1) is 10.2 Å². The van der Waals surface area contributed by atoms with Crippen molar-refractivity contribution in [2.75, 3.05) is 5.32 Å². The normalized spacial score (nSPS) is 10.8. The van der Waals surface area contributed by atoms with Crippen molar-refractivity contribution in [1.29, 1.82) is 0 Å². The highest BCUT2D eigenvalue weighted by Crippen LogP contribution is 2.30. The lowest BCUT2D eigenvalue weighted by atomic mass is 10.1. The molecule has 0 aliphatic rings. The number of thiazole rings is 1. The molecular formula is C15H13ClN2S. The lowest BCUT2D eigenvalue weighted by Gasteiger charge is -2.03. The van der Waals surface area contributed by atoms with Crippen LogP contribution in [0.25, 0.3) is 10.2 Å². The number of nitrogens with zero attached hydrogens (tertiary/aromatic N) is 1. The van der Waals surface area contributed by atoms with Crippen molar-refractivity contribution in [3.8, 4) is 0 Å². The van der Waals surface area contributed by atoms with Crippen LogP contribution in [-0.4, -0.2) is 4.98 Å². The van der Waals surface area contributed by atoms with E-state index in [9.17, 15) is 0 Å². The number of hydrogen-bond donors (Lipinski definition) is 1. The summed E-state index contributed by atoms with van der Waals surface area (Å²) >= 11 is 7.60. The van der Waals surface area contributed by atoms with Crippen LogP contribution in [0.5, 0.6) is 0 Å². The van der Waals surface area contributed by atoms with Gasteiger partial charge in [0.1, 0.15) is 0 Å². The molecule has 0 amide bonds. The topological polar surface area (TPSA) is 24.9 Å². The molecule has 3 aromatic rings. The Labute approximate surface area is 121 Å². The highest BCUT2D eigenvalue weighted by atomic mass is 35.5. The average Bonchev–Trinajstić information content (AvgIpc) is 2.80. The van der Waals surface area contributed by atoms with Gasteiger partial charge in [-0.25, -0.2) is 4.98 Å². The fourth-order valence-electron chi connectivity index (χ4n) is 1.94. The summed E-state index contributed by atoms with van der Waals surface area (Å²) in [4.78, 5) is 4.55. The van der Waals surface area contributed by atoms with Gasteiger partial charge in [0.2, 0.25) is 0 Å². The van der Waals surface area contributed by atoms with Crippen LogP contribution in [0.1, 0.15) is 12.5 Å². The Balaban J connectivity index is 1.92. The van der Waals surface area contributed by atoms with Crippen molar-refractivity contribution < 1.29 is 0 Å². The zero-order valence-corrected chi connectivity index (χ0v) is 12.1. The Morgan fingerprint density at radius 3 is 2.95 bits per heavy atom. The van der Waals surface area contributed by atoms with Crippen LogP contribution in [-0.2, 0) is 6.42 Å². The summed E-state index contributed by atoms with van der Waals surface area (Å²) in [5.74, 6) is 0. The Kier molecular flexibility index (Phi) is 3.40. The predicted molar refractivity (Wildman–Crippen MR) is 83.7 cm³/mol. The second kappa shape index (κ2) is 5.19. The smallest absolute Gasteiger partial charge is 0.188 e. The average molecular weight is 289 g/mol. The number of hydrogen-bond acceptors (Lipinski definition) is 3. The molecule has 1 aromatic heterocycles.